The molecule has 3 aromatic rings. The van der Waals surface area contributed by atoms with E-state index in [0.717, 1.165) is 17.0 Å². The van der Waals surface area contributed by atoms with Crippen molar-refractivity contribution in [2.45, 2.75) is 0 Å². The molecular weight excluding hydrogens is 290 g/mol. The maximum absolute atomic E-state index is 8.89. The van der Waals surface area contributed by atoms with Crippen LogP contribution in [0.5, 0.6) is 17.4 Å². The molecule has 0 N–H and O–H groups in total. The maximum atomic E-state index is 8.89. The normalized spacial score (nSPS) is 9.91. The van der Waals surface area contributed by atoms with E-state index in [2.05, 4.69) is 16.3 Å². The number of nitrogens with zero attached hydrogens (tertiary/aromatic N) is 3. The molecule has 0 unspecified atom stereocenters. The molecule has 0 saturated carbocycles. The third-order valence-electron chi connectivity index (χ3n) is 3.21. The van der Waals surface area contributed by atoms with Crippen LogP contribution in [0.1, 0.15) is 5.56 Å². The third kappa shape index (κ3) is 3.44. The van der Waals surface area contributed by atoms with Crippen molar-refractivity contribution in [3.8, 4) is 34.7 Å². The Balaban J connectivity index is 1.77. The molecule has 1 heterocycles. The number of nitriles is 1. The highest BCUT2D eigenvalue weighted by molar-refractivity contribution is 5.59. The van der Waals surface area contributed by atoms with Gasteiger partial charge in [0.1, 0.15) is 11.5 Å². The van der Waals surface area contributed by atoms with E-state index in [1.807, 2.05) is 30.3 Å². The van der Waals surface area contributed by atoms with Crippen molar-refractivity contribution in [2.24, 2.45) is 0 Å². The molecule has 5 nitrogen and oxygen atoms in total. The van der Waals surface area contributed by atoms with Gasteiger partial charge in [-0.2, -0.15) is 5.26 Å². The maximum Gasteiger partial charge on any atom is 0.238 e. The number of hydrogen-bond donors (Lipinski definition) is 0. The minimum atomic E-state index is 0.373. The van der Waals surface area contributed by atoms with Gasteiger partial charge in [0.05, 0.1) is 24.4 Å². The van der Waals surface area contributed by atoms with E-state index in [9.17, 15) is 0 Å². The Hall–Kier alpha value is -3.39. The molecule has 0 spiro atoms. The van der Waals surface area contributed by atoms with Gasteiger partial charge in [-0.1, -0.05) is 6.07 Å². The Morgan fingerprint density at radius 3 is 2.39 bits per heavy atom. The molecule has 0 amide bonds. The van der Waals surface area contributed by atoms with Crippen molar-refractivity contribution in [3.63, 3.8) is 0 Å². The summed E-state index contributed by atoms with van der Waals surface area (Å²) in [6, 6.07) is 20.1. The van der Waals surface area contributed by atoms with Gasteiger partial charge in [-0.25, -0.2) is 0 Å². The van der Waals surface area contributed by atoms with E-state index in [-0.39, 0.29) is 0 Å². The first-order chi connectivity index (χ1) is 11.3. The lowest BCUT2D eigenvalue weighted by molar-refractivity contribution is 0.415. The zero-order valence-electron chi connectivity index (χ0n) is 12.4. The van der Waals surface area contributed by atoms with Gasteiger partial charge in [0, 0.05) is 11.6 Å². The van der Waals surface area contributed by atoms with E-state index in [1.54, 1.807) is 37.4 Å². The lowest BCUT2D eigenvalue weighted by Gasteiger charge is -2.06. The number of methoxy groups -OCH3 is 1. The average Bonchev–Trinajstić information content (AvgIpc) is 2.63. The number of benzene rings is 2. The highest BCUT2D eigenvalue weighted by Gasteiger charge is 2.04. The van der Waals surface area contributed by atoms with Crippen molar-refractivity contribution in [2.75, 3.05) is 7.11 Å². The largest absolute Gasteiger partial charge is 0.497 e. The van der Waals surface area contributed by atoms with Gasteiger partial charge in [-0.15, -0.1) is 10.2 Å². The van der Waals surface area contributed by atoms with Crippen LogP contribution in [-0.4, -0.2) is 17.3 Å². The number of aromatic nitrogens is 2. The van der Waals surface area contributed by atoms with Crippen molar-refractivity contribution in [3.05, 3.63) is 66.2 Å². The second kappa shape index (κ2) is 6.58. The summed E-state index contributed by atoms with van der Waals surface area (Å²) >= 11 is 0. The molecule has 2 aromatic carbocycles. The minimum absolute atomic E-state index is 0.373. The van der Waals surface area contributed by atoms with Crippen molar-refractivity contribution in [1.29, 1.82) is 5.26 Å². The van der Waals surface area contributed by atoms with Gasteiger partial charge < -0.3 is 9.47 Å². The van der Waals surface area contributed by atoms with Gasteiger partial charge in [0.15, 0.2) is 0 Å². The number of rotatable bonds is 4. The molecule has 0 aliphatic carbocycles. The summed E-state index contributed by atoms with van der Waals surface area (Å²) in [6.07, 6.45) is 0. The molecule has 0 saturated heterocycles. The Labute approximate surface area is 133 Å². The van der Waals surface area contributed by atoms with Crippen LogP contribution in [-0.2, 0) is 0 Å². The molecule has 0 aliphatic heterocycles. The molecule has 5 heteroatoms. The molecule has 3 rings (SSSR count). The van der Waals surface area contributed by atoms with Crippen LogP contribution in [0, 0.1) is 11.3 Å². The first-order valence-electron chi connectivity index (χ1n) is 6.94. The van der Waals surface area contributed by atoms with Crippen LogP contribution in [0.25, 0.3) is 11.3 Å². The van der Waals surface area contributed by atoms with E-state index in [0.29, 0.717) is 17.2 Å². The standard InChI is InChI=1S/C18H13N3O2/c1-22-15-7-5-14(6-8-15)17-9-10-18(21-20-17)23-16-4-2-3-13(11-16)12-19/h2-11H,1H3. The van der Waals surface area contributed by atoms with Crippen molar-refractivity contribution in [1.82, 2.24) is 10.2 Å². The first kappa shape index (κ1) is 14.5. The van der Waals surface area contributed by atoms with Crippen LogP contribution < -0.4 is 9.47 Å². The monoisotopic (exact) mass is 303 g/mol. The zero-order valence-corrected chi connectivity index (χ0v) is 12.4. The fourth-order valence-electron chi connectivity index (χ4n) is 2.04. The molecule has 0 radical (unpaired) electrons. The summed E-state index contributed by atoms with van der Waals surface area (Å²) < 4.78 is 10.7. The highest BCUT2D eigenvalue weighted by Crippen LogP contribution is 2.23. The third-order valence-corrected chi connectivity index (χ3v) is 3.21. The topological polar surface area (TPSA) is 68.0 Å². The molecular formula is C18H13N3O2. The van der Waals surface area contributed by atoms with Gasteiger partial charge in [-0.3, -0.25) is 0 Å². The smallest absolute Gasteiger partial charge is 0.238 e. The Kier molecular flexibility index (Phi) is 4.16. The molecule has 0 fully saturated rings. The Morgan fingerprint density at radius 1 is 0.913 bits per heavy atom. The highest BCUT2D eigenvalue weighted by atomic mass is 16.5. The van der Waals surface area contributed by atoms with E-state index in [1.165, 1.54) is 0 Å². The lowest BCUT2D eigenvalue weighted by Crippen LogP contribution is -1.93. The fourth-order valence-corrected chi connectivity index (χ4v) is 2.04. The minimum Gasteiger partial charge on any atom is -0.497 e. The second-order valence-electron chi connectivity index (χ2n) is 4.73. The summed E-state index contributed by atoms with van der Waals surface area (Å²) in [5.74, 6) is 1.71. The summed E-state index contributed by atoms with van der Waals surface area (Å²) in [7, 11) is 1.63. The van der Waals surface area contributed by atoms with Gasteiger partial charge in [0.2, 0.25) is 5.88 Å². The molecule has 0 bridgehead atoms. The van der Waals surface area contributed by atoms with Crippen LogP contribution in [0.2, 0.25) is 0 Å². The summed E-state index contributed by atoms with van der Waals surface area (Å²) in [4.78, 5) is 0. The second-order valence-corrected chi connectivity index (χ2v) is 4.73. The summed E-state index contributed by atoms with van der Waals surface area (Å²) in [5, 5.41) is 17.1. The number of ether oxygens (including phenoxy) is 2. The molecule has 0 atom stereocenters. The van der Waals surface area contributed by atoms with Gasteiger partial charge >= 0.3 is 0 Å². The SMILES string of the molecule is COc1ccc(-c2ccc(Oc3cccc(C#N)c3)nn2)cc1. The Bertz CT molecular complexity index is 837. The predicted octanol–water partition coefficient (Wildman–Crippen LogP) is 3.82. The average molecular weight is 303 g/mol. The molecule has 0 aliphatic rings. The van der Waals surface area contributed by atoms with Crippen LogP contribution in [0.4, 0.5) is 0 Å². The van der Waals surface area contributed by atoms with Crippen molar-refractivity contribution >= 4 is 0 Å². The van der Waals surface area contributed by atoms with Crippen molar-refractivity contribution < 1.29 is 9.47 Å². The van der Waals surface area contributed by atoms with E-state index in [4.69, 9.17) is 14.7 Å². The Morgan fingerprint density at radius 2 is 1.74 bits per heavy atom. The number of hydrogen-bond acceptors (Lipinski definition) is 5. The molecule has 112 valence electrons. The predicted molar refractivity (Wildman–Crippen MR) is 85.3 cm³/mol. The summed E-state index contributed by atoms with van der Waals surface area (Å²) in [6.45, 7) is 0. The van der Waals surface area contributed by atoms with Gasteiger partial charge in [0.25, 0.3) is 0 Å². The molecule has 1 aromatic heterocycles. The van der Waals surface area contributed by atoms with Crippen LogP contribution in [0.15, 0.2) is 60.7 Å². The zero-order chi connectivity index (χ0) is 16.1. The van der Waals surface area contributed by atoms with Crippen LogP contribution in [0.3, 0.4) is 0 Å². The fraction of sp³-hybridized carbons (Fsp3) is 0.0556. The van der Waals surface area contributed by atoms with E-state index < -0.39 is 0 Å². The first-order valence-corrected chi connectivity index (χ1v) is 6.94. The quantitative estimate of drug-likeness (QED) is 0.733. The lowest BCUT2D eigenvalue weighted by atomic mass is 10.1. The summed E-state index contributed by atoms with van der Waals surface area (Å²) in [5.41, 5.74) is 2.22. The molecule has 23 heavy (non-hydrogen) atoms. The van der Waals surface area contributed by atoms with Gasteiger partial charge in [-0.05, 0) is 48.5 Å². The van der Waals surface area contributed by atoms with E-state index >= 15 is 0 Å². The van der Waals surface area contributed by atoms with Crippen LogP contribution >= 0.6 is 0 Å².